The first kappa shape index (κ1) is 17.8. The van der Waals surface area contributed by atoms with Gasteiger partial charge in [-0.25, -0.2) is 0 Å². The average Bonchev–Trinajstić information content (AvgIpc) is 3.30. The van der Waals surface area contributed by atoms with Gasteiger partial charge in [0.2, 0.25) is 0 Å². The molecule has 6 heteroatoms. The number of carbonyl (C=O) groups excluding carboxylic acids is 1. The molecule has 0 aliphatic heterocycles. The molecule has 0 atom stereocenters. The van der Waals surface area contributed by atoms with E-state index in [1.165, 1.54) is 11.3 Å². The molecule has 0 saturated carbocycles. The molecule has 0 aromatic carbocycles. The van der Waals surface area contributed by atoms with Crippen LogP contribution in [0.25, 0.3) is 0 Å². The zero-order valence-corrected chi connectivity index (χ0v) is 16.2. The number of nitrogens with zero attached hydrogens (tertiary/aromatic N) is 2. The van der Waals surface area contributed by atoms with Gasteiger partial charge in [0.25, 0.3) is 5.91 Å². The number of furan rings is 1. The molecule has 4 nitrogen and oxygen atoms in total. The Morgan fingerprint density at radius 2 is 2.12 bits per heavy atom. The van der Waals surface area contributed by atoms with Gasteiger partial charge < -0.3 is 13.9 Å². The van der Waals surface area contributed by atoms with E-state index >= 15 is 0 Å². The molecule has 0 N–H and O–H groups in total. The number of carbonyl (C=O) groups is 1. The minimum atomic E-state index is 0.0471. The summed E-state index contributed by atoms with van der Waals surface area (Å²) in [6.45, 7) is 7.85. The summed E-state index contributed by atoms with van der Waals surface area (Å²) in [7, 11) is 0. The van der Waals surface area contributed by atoms with Crippen molar-refractivity contribution >= 4 is 28.8 Å². The van der Waals surface area contributed by atoms with E-state index in [9.17, 15) is 4.79 Å². The maximum absolute atomic E-state index is 13.0. The van der Waals surface area contributed by atoms with Gasteiger partial charge in [0.1, 0.15) is 5.76 Å². The summed E-state index contributed by atoms with van der Waals surface area (Å²) in [6.07, 6.45) is 1.67. The molecule has 0 aliphatic carbocycles. The summed E-state index contributed by atoms with van der Waals surface area (Å²) in [4.78, 5) is 16.0. The highest BCUT2D eigenvalue weighted by Crippen LogP contribution is 2.24. The third-order valence-corrected chi connectivity index (χ3v) is 5.56. The molecule has 0 aliphatic rings. The van der Waals surface area contributed by atoms with Gasteiger partial charge in [0.15, 0.2) is 0 Å². The van der Waals surface area contributed by atoms with E-state index in [1.54, 1.807) is 6.26 Å². The van der Waals surface area contributed by atoms with Crippen molar-refractivity contribution in [3.8, 4) is 0 Å². The van der Waals surface area contributed by atoms with Crippen molar-refractivity contribution in [2.45, 2.75) is 33.9 Å². The van der Waals surface area contributed by atoms with Crippen LogP contribution in [0.5, 0.6) is 0 Å². The minimum Gasteiger partial charge on any atom is -0.467 e. The van der Waals surface area contributed by atoms with Crippen molar-refractivity contribution in [2.24, 2.45) is 0 Å². The SMILES string of the molecule is CCN(Cc1ccc(Cl)s1)C(=O)c1cc(C)n(Cc2ccco2)c1C. The summed E-state index contributed by atoms with van der Waals surface area (Å²) in [5.41, 5.74) is 2.75. The molecule has 0 saturated heterocycles. The van der Waals surface area contributed by atoms with Crippen LogP contribution >= 0.6 is 22.9 Å². The molecule has 25 heavy (non-hydrogen) atoms. The lowest BCUT2D eigenvalue weighted by molar-refractivity contribution is 0.0753. The van der Waals surface area contributed by atoms with Gasteiger partial charge in [0.05, 0.1) is 29.3 Å². The van der Waals surface area contributed by atoms with Gasteiger partial charge in [-0.15, -0.1) is 11.3 Å². The Kier molecular flexibility index (Phi) is 5.35. The Bertz CT molecular complexity index is 864. The average molecular weight is 377 g/mol. The van der Waals surface area contributed by atoms with E-state index in [2.05, 4.69) is 4.57 Å². The number of hydrogen-bond donors (Lipinski definition) is 0. The second kappa shape index (κ2) is 7.50. The predicted molar refractivity (Wildman–Crippen MR) is 101 cm³/mol. The molecular weight excluding hydrogens is 356 g/mol. The molecule has 0 spiro atoms. The van der Waals surface area contributed by atoms with Crippen LogP contribution in [0.1, 0.15) is 39.3 Å². The summed E-state index contributed by atoms with van der Waals surface area (Å²) in [5.74, 6) is 0.923. The van der Waals surface area contributed by atoms with Gasteiger partial charge in [-0.1, -0.05) is 11.6 Å². The summed E-state index contributed by atoms with van der Waals surface area (Å²) in [6, 6.07) is 9.63. The second-order valence-corrected chi connectivity index (χ2v) is 7.78. The van der Waals surface area contributed by atoms with Crippen LogP contribution in [-0.4, -0.2) is 21.9 Å². The molecule has 132 valence electrons. The van der Waals surface area contributed by atoms with E-state index in [4.69, 9.17) is 16.0 Å². The van der Waals surface area contributed by atoms with Crippen LogP contribution in [0.2, 0.25) is 4.34 Å². The molecule has 0 bridgehead atoms. The second-order valence-electron chi connectivity index (χ2n) is 5.98. The van der Waals surface area contributed by atoms with Crippen molar-refractivity contribution in [1.82, 2.24) is 9.47 Å². The van der Waals surface area contributed by atoms with Crippen LogP contribution in [0.4, 0.5) is 0 Å². The van der Waals surface area contributed by atoms with Crippen molar-refractivity contribution in [1.29, 1.82) is 0 Å². The topological polar surface area (TPSA) is 38.4 Å². The highest BCUT2D eigenvalue weighted by Gasteiger charge is 2.21. The van der Waals surface area contributed by atoms with E-state index in [0.29, 0.717) is 19.6 Å². The molecular formula is C19H21ClN2O2S. The Balaban J connectivity index is 1.83. The van der Waals surface area contributed by atoms with Crippen LogP contribution < -0.4 is 0 Å². The normalized spacial score (nSPS) is 11.0. The molecule has 3 aromatic rings. The van der Waals surface area contributed by atoms with Crippen LogP contribution in [0, 0.1) is 13.8 Å². The highest BCUT2D eigenvalue weighted by molar-refractivity contribution is 7.16. The lowest BCUT2D eigenvalue weighted by Gasteiger charge is -2.20. The maximum Gasteiger partial charge on any atom is 0.255 e. The van der Waals surface area contributed by atoms with E-state index < -0.39 is 0 Å². The van der Waals surface area contributed by atoms with Crippen molar-refractivity contribution in [2.75, 3.05) is 6.54 Å². The molecule has 1 amide bonds. The van der Waals surface area contributed by atoms with Crippen LogP contribution in [0.15, 0.2) is 41.0 Å². The summed E-state index contributed by atoms with van der Waals surface area (Å²) in [5, 5.41) is 0. The number of amides is 1. The molecule has 0 fully saturated rings. The highest BCUT2D eigenvalue weighted by atomic mass is 35.5. The smallest absolute Gasteiger partial charge is 0.255 e. The number of rotatable bonds is 6. The summed E-state index contributed by atoms with van der Waals surface area (Å²) >= 11 is 7.52. The Morgan fingerprint density at radius 1 is 1.32 bits per heavy atom. The number of aryl methyl sites for hydroxylation is 1. The van der Waals surface area contributed by atoms with E-state index in [0.717, 1.165) is 31.9 Å². The molecule has 0 radical (unpaired) electrons. The van der Waals surface area contributed by atoms with Crippen molar-refractivity contribution < 1.29 is 9.21 Å². The summed E-state index contributed by atoms with van der Waals surface area (Å²) < 4.78 is 8.30. The predicted octanol–water partition coefficient (Wildman–Crippen LogP) is 5.12. The molecule has 3 rings (SSSR count). The third-order valence-electron chi connectivity index (χ3n) is 4.34. The Hall–Kier alpha value is -1.98. The fourth-order valence-electron chi connectivity index (χ4n) is 2.94. The van der Waals surface area contributed by atoms with E-state index in [1.807, 2.05) is 56.0 Å². The standard InChI is InChI=1S/C19H21ClN2O2S/c1-4-21(12-16-7-8-18(20)25-16)19(23)17-10-13(2)22(14(17)3)11-15-6-5-9-24-15/h5-10H,4,11-12H2,1-3H3. The molecule has 3 aromatic heterocycles. The molecule has 3 heterocycles. The van der Waals surface area contributed by atoms with Crippen LogP contribution in [0.3, 0.4) is 0 Å². The van der Waals surface area contributed by atoms with Gasteiger partial charge in [-0.2, -0.15) is 0 Å². The van der Waals surface area contributed by atoms with Crippen molar-refractivity contribution in [3.63, 3.8) is 0 Å². The lowest BCUT2D eigenvalue weighted by atomic mass is 10.2. The number of hydrogen-bond acceptors (Lipinski definition) is 3. The fraction of sp³-hybridized carbons (Fsp3) is 0.316. The third kappa shape index (κ3) is 3.83. The van der Waals surface area contributed by atoms with E-state index in [-0.39, 0.29) is 5.91 Å². The van der Waals surface area contributed by atoms with Gasteiger partial charge >= 0.3 is 0 Å². The fourth-order valence-corrected chi connectivity index (χ4v) is 4.05. The monoisotopic (exact) mass is 376 g/mol. The first-order chi connectivity index (χ1) is 12.0. The van der Waals surface area contributed by atoms with Gasteiger partial charge in [0, 0.05) is 22.8 Å². The minimum absolute atomic E-state index is 0.0471. The zero-order chi connectivity index (χ0) is 18.0. The quantitative estimate of drug-likeness (QED) is 0.598. The zero-order valence-electron chi connectivity index (χ0n) is 14.6. The first-order valence-electron chi connectivity index (χ1n) is 8.22. The number of thiophene rings is 1. The maximum atomic E-state index is 13.0. The largest absolute Gasteiger partial charge is 0.467 e. The van der Waals surface area contributed by atoms with Gasteiger partial charge in [-0.05, 0) is 51.1 Å². The first-order valence-corrected chi connectivity index (χ1v) is 9.41. The number of halogens is 1. The van der Waals surface area contributed by atoms with Gasteiger partial charge in [-0.3, -0.25) is 4.79 Å². The lowest BCUT2D eigenvalue weighted by Crippen LogP contribution is -2.30. The van der Waals surface area contributed by atoms with Crippen molar-refractivity contribution in [3.05, 3.63) is 68.5 Å². The Labute approximate surface area is 156 Å². The van der Waals surface area contributed by atoms with Crippen LogP contribution in [-0.2, 0) is 13.1 Å². The molecule has 0 unspecified atom stereocenters. The number of aromatic nitrogens is 1. The Morgan fingerprint density at radius 3 is 2.72 bits per heavy atom.